The van der Waals surface area contributed by atoms with E-state index in [1.165, 1.54) is 6.92 Å². The van der Waals surface area contributed by atoms with E-state index in [2.05, 4.69) is 15.0 Å². The monoisotopic (exact) mass is 449 g/mol. The molecular weight excluding hydrogens is 422 g/mol. The molecule has 0 saturated carbocycles. The molecule has 3 N–H and O–H groups in total. The highest BCUT2D eigenvalue weighted by molar-refractivity contribution is 7.89. The van der Waals surface area contributed by atoms with Gasteiger partial charge in [-0.05, 0) is 66.6 Å². The highest BCUT2D eigenvalue weighted by atomic mass is 32.2. The van der Waals surface area contributed by atoms with Gasteiger partial charge in [0.2, 0.25) is 15.9 Å². The summed E-state index contributed by atoms with van der Waals surface area (Å²) in [6.45, 7) is 1.65. The number of fused-ring (bicyclic) bond motifs is 1. The molecular formula is C21H27N3O6S. The first-order valence-electron chi connectivity index (χ1n) is 9.77. The van der Waals surface area contributed by atoms with E-state index in [1.54, 1.807) is 37.6 Å². The van der Waals surface area contributed by atoms with E-state index in [0.29, 0.717) is 17.1 Å². The smallest absolute Gasteiger partial charge is 0.290 e. The number of sulfonamides is 1. The van der Waals surface area contributed by atoms with Gasteiger partial charge < -0.3 is 15.2 Å². The zero-order chi connectivity index (χ0) is 22.9. The summed E-state index contributed by atoms with van der Waals surface area (Å²) in [5, 5.41) is 9.57. The number of rotatable bonds is 7. The van der Waals surface area contributed by atoms with Crippen molar-refractivity contribution in [2.75, 3.05) is 7.11 Å². The number of aromatic nitrogens is 1. The minimum absolute atomic E-state index is 0.141. The second-order valence-corrected chi connectivity index (χ2v) is 8.66. The van der Waals surface area contributed by atoms with Crippen LogP contribution in [0.4, 0.5) is 0 Å². The van der Waals surface area contributed by atoms with Crippen molar-refractivity contribution in [2.24, 2.45) is 0 Å². The maximum atomic E-state index is 13.0. The molecule has 0 aliphatic heterocycles. The molecule has 0 unspecified atom stereocenters. The number of hydrogen-bond donors (Lipinski definition) is 3. The lowest BCUT2D eigenvalue weighted by Crippen LogP contribution is -2.26. The van der Waals surface area contributed by atoms with Crippen LogP contribution in [0, 0.1) is 0 Å². The number of pyridine rings is 1. The zero-order valence-corrected chi connectivity index (χ0v) is 18.4. The summed E-state index contributed by atoms with van der Waals surface area (Å²) in [4.78, 5) is 23.9. The number of benzene rings is 1. The van der Waals surface area contributed by atoms with Crippen LogP contribution in [-0.2, 0) is 45.5 Å². The van der Waals surface area contributed by atoms with Crippen molar-refractivity contribution in [3.05, 3.63) is 52.8 Å². The van der Waals surface area contributed by atoms with Gasteiger partial charge in [-0.25, -0.2) is 13.1 Å². The first kappa shape index (κ1) is 24.3. The average Bonchev–Trinajstić information content (AvgIpc) is 2.76. The number of hydrogen-bond acceptors (Lipinski definition) is 6. The van der Waals surface area contributed by atoms with Gasteiger partial charge in [-0.3, -0.25) is 14.6 Å². The van der Waals surface area contributed by atoms with Gasteiger partial charge in [-0.1, -0.05) is 0 Å². The number of nitrogens with zero attached hydrogens (tertiary/aromatic N) is 1. The lowest BCUT2D eigenvalue weighted by Gasteiger charge is -2.22. The molecule has 0 fully saturated rings. The fourth-order valence-electron chi connectivity index (χ4n) is 3.45. The molecule has 0 spiro atoms. The Labute approximate surface area is 181 Å². The Hall–Kier alpha value is -2.98. The van der Waals surface area contributed by atoms with Gasteiger partial charge in [0, 0.05) is 19.7 Å². The quantitative estimate of drug-likeness (QED) is 0.549. The molecule has 3 rings (SSSR count). The Bertz CT molecular complexity index is 1020. The van der Waals surface area contributed by atoms with Crippen LogP contribution in [0.1, 0.15) is 42.1 Å². The van der Waals surface area contributed by atoms with E-state index < -0.39 is 10.0 Å². The molecule has 0 radical (unpaired) electrons. The van der Waals surface area contributed by atoms with Crippen LogP contribution in [0.2, 0.25) is 0 Å². The van der Waals surface area contributed by atoms with E-state index in [-0.39, 0.29) is 18.9 Å². The topological polar surface area (TPSA) is 135 Å². The number of carboxylic acid groups (broad SMARTS) is 1. The van der Waals surface area contributed by atoms with E-state index in [1.807, 2.05) is 0 Å². The number of ether oxygens (including phenoxy) is 1. The van der Waals surface area contributed by atoms with Crippen LogP contribution in [0.15, 0.2) is 35.4 Å². The number of carbonyl (C=O) groups excluding carboxylic acids is 1. The normalized spacial score (nSPS) is 12.7. The second-order valence-electron chi connectivity index (χ2n) is 6.93. The van der Waals surface area contributed by atoms with Crippen LogP contribution < -0.4 is 14.8 Å². The zero-order valence-electron chi connectivity index (χ0n) is 17.6. The summed E-state index contributed by atoms with van der Waals surface area (Å²) in [5.74, 6) is 0.614. The van der Waals surface area contributed by atoms with Gasteiger partial charge in [-0.15, -0.1) is 0 Å². The van der Waals surface area contributed by atoms with Crippen molar-refractivity contribution in [3.8, 4) is 5.75 Å². The summed E-state index contributed by atoms with van der Waals surface area (Å²) in [5.41, 5.74) is 3.31. The summed E-state index contributed by atoms with van der Waals surface area (Å²) in [7, 11) is -2.05. The maximum absolute atomic E-state index is 13.0. The first-order chi connectivity index (χ1) is 14.8. The molecule has 9 nitrogen and oxygen atoms in total. The molecule has 0 bridgehead atoms. The predicted molar refractivity (Wildman–Crippen MR) is 114 cm³/mol. The number of carbonyl (C=O) groups is 2. The number of amides is 1. The molecule has 1 aliphatic rings. The molecule has 1 aromatic carbocycles. The summed E-state index contributed by atoms with van der Waals surface area (Å²) < 4.78 is 34.0. The molecule has 10 heteroatoms. The molecule has 168 valence electrons. The van der Waals surface area contributed by atoms with Gasteiger partial charge in [0.1, 0.15) is 5.75 Å². The number of methoxy groups -OCH3 is 1. The van der Waals surface area contributed by atoms with Crippen molar-refractivity contribution in [1.82, 2.24) is 15.0 Å². The van der Waals surface area contributed by atoms with Gasteiger partial charge in [0.05, 0.1) is 24.2 Å². The summed E-state index contributed by atoms with van der Waals surface area (Å²) in [6, 6.07) is 6.89. The Morgan fingerprint density at radius 1 is 1.19 bits per heavy atom. The Kier molecular flexibility index (Phi) is 8.95. The van der Waals surface area contributed by atoms with Gasteiger partial charge >= 0.3 is 0 Å². The molecule has 1 heterocycles. The highest BCUT2D eigenvalue weighted by Crippen LogP contribution is 2.34. The average molecular weight is 450 g/mol. The lowest BCUT2D eigenvalue weighted by atomic mass is 9.91. The molecule has 1 aromatic heterocycles. The highest BCUT2D eigenvalue weighted by Gasteiger charge is 2.24. The maximum Gasteiger partial charge on any atom is 0.290 e. The second kappa shape index (κ2) is 11.4. The van der Waals surface area contributed by atoms with E-state index >= 15 is 0 Å². The minimum atomic E-state index is -3.66. The molecule has 1 amide bonds. The molecule has 2 aromatic rings. The number of nitrogens with one attached hydrogen (secondary N) is 2. The van der Waals surface area contributed by atoms with Crippen LogP contribution in [0.25, 0.3) is 0 Å². The SMILES string of the molecule is COc1ccc(S(=O)(=O)NCc2ccnc(CNC(C)=O)c2)c2c1CCCC2.O=CO. The molecule has 1 aliphatic carbocycles. The van der Waals surface area contributed by atoms with Crippen molar-refractivity contribution in [3.63, 3.8) is 0 Å². The molecule has 31 heavy (non-hydrogen) atoms. The van der Waals surface area contributed by atoms with Gasteiger partial charge in [-0.2, -0.15) is 0 Å². The van der Waals surface area contributed by atoms with Crippen molar-refractivity contribution in [2.45, 2.75) is 50.6 Å². The largest absolute Gasteiger partial charge is 0.496 e. The molecule has 0 saturated heterocycles. The predicted octanol–water partition coefficient (Wildman–Crippen LogP) is 1.78. The van der Waals surface area contributed by atoms with Crippen LogP contribution >= 0.6 is 0 Å². The molecule has 0 atom stereocenters. The third-order valence-electron chi connectivity index (χ3n) is 4.82. The fourth-order valence-corrected chi connectivity index (χ4v) is 4.76. The van der Waals surface area contributed by atoms with Gasteiger partial charge in [0.15, 0.2) is 0 Å². The third-order valence-corrected chi connectivity index (χ3v) is 6.31. The van der Waals surface area contributed by atoms with Crippen molar-refractivity contribution < 1.29 is 27.9 Å². The Balaban J connectivity index is 0.00000107. The van der Waals surface area contributed by atoms with Crippen molar-refractivity contribution >= 4 is 22.4 Å². The lowest BCUT2D eigenvalue weighted by molar-refractivity contribution is -0.123. The standard InChI is InChI=1S/C20H25N3O4S.CH2O2/c1-14(24)22-13-16-11-15(9-10-21-16)12-23-28(25,26)20-8-7-19(27-2)17-5-3-4-6-18(17)20;2-1-3/h7-11,23H,3-6,12-13H2,1-2H3,(H,22,24);1H,(H,2,3). The summed E-state index contributed by atoms with van der Waals surface area (Å²) in [6.07, 6.45) is 5.18. The fraction of sp³-hybridized carbons (Fsp3) is 0.381. The Morgan fingerprint density at radius 3 is 2.52 bits per heavy atom. The van der Waals surface area contributed by atoms with E-state index in [4.69, 9.17) is 14.6 Å². The third kappa shape index (κ3) is 6.76. The van der Waals surface area contributed by atoms with Crippen LogP contribution in [0.5, 0.6) is 5.75 Å². The Morgan fingerprint density at radius 2 is 1.87 bits per heavy atom. The minimum Gasteiger partial charge on any atom is -0.496 e. The van der Waals surface area contributed by atoms with Crippen molar-refractivity contribution in [1.29, 1.82) is 0 Å². The van der Waals surface area contributed by atoms with E-state index in [9.17, 15) is 13.2 Å². The van der Waals surface area contributed by atoms with Crippen LogP contribution in [0.3, 0.4) is 0 Å². The van der Waals surface area contributed by atoms with Crippen LogP contribution in [-0.4, -0.2) is 38.0 Å². The summed E-state index contributed by atoms with van der Waals surface area (Å²) >= 11 is 0. The van der Waals surface area contributed by atoms with E-state index in [0.717, 1.165) is 48.1 Å². The first-order valence-corrected chi connectivity index (χ1v) is 11.2. The van der Waals surface area contributed by atoms with Gasteiger partial charge in [0.25, 0.3) is 6.47 Å².